The first-order chi connectivity index (χ1) is 8.11. The lowest BCUT2D eigenvalue weighted by Crippen LogP contribution is -2.26. The molecule has 0 saturated carbocycles. The zero-order valence-corrected chi connectivity index (χ0v) is 9.93. The lowest BCUT2D eigenvalue weighted by Gasteiger charge is -2.17. The topological polar surface area (TPSA) is 67.2 Å². The number of anilines is 1. The maximum atomic E-state index is 8.91. The minimum absolute atomic E-state index is 0.0152. The molecular formula is C12H15N3O2. The Labute approximate surface area is 100 Å². The number of nitriles is 1. The van der Waals surface area contributed by atoms with Crippen LogP contribution in [0.1, 0.15) is 19.4 Å². The summed E-state index contributed by atoms with van der Waals surface area (Å²) in [6, 6.07) is 5.56. The Morgan fingerprint density at radius 3 is 3.12 bits per heavy atom. The lowest BCUT2D eigenvalue weighted by atomic mass is 10.2. The van der Waals surface area contributed by atoms with Crippen molar-refractivity contribution in [1.29, 1.82) is 5.26 Å². The molecule has 1 saturated heterocycles. The average Bonchev–Trinajstić information content (AvgIpc) is 2.67. The first kappa shape index (κ1) is 11.8. The fourth-order valence-electron chi connectivity index (χ4n) is 1.71. The summed E-state index contributed by atoms with van der Waals surface area (Å²) in [6.07, 6.45) is 1.64. The Hall–Kier alpha value is -1.64. The second kappa shape index (κ2) is 4.70. The summed E-state index contributed by atoms with van der Waals surface area (Å²) < 4.78 is 11.1. The monoisotopic (exact) mass is 233 g/mol. The molecule has 1 fully saturated rings. The molecule has 2 rings (SSSR count). The third-order valence-electron chi connectivity index (χ3n) is 2.49. The molecule has 1 aromatic rings. The van der Waals surface area contributed by atoms with Gasteiger partial charge in [0.2, 0.25) is 0 Å². The summed E-state index contributed by atoms with van der Waals surface area (Å²) in [4.78, 5) is 4.12. The van der Waals surface area contributed by atoms with Crippen LogP contribution in [-0.2, 0) is 9.47 Å². The van der Waals surface area contributed by atoms with Gasteiger partial charge in [-0.05, 0) is 26.0 Å². The average molecular weight is 233 g/mol. The number of hydrogen-bond donors (Lipinski definition) is 1. The Bertz CT molecular complexity index is 440. The smallest absolute Gasteiger partial charge is 0.163 e. The maximum absolute atomic E-state index is 8.91. The molecule has 0 bridgehead atoms. The van der Waals surface area contributed by atoms with Gasteiger partial charge in [0.25, 0.3) is 0 Å². The van der Waals surface area contributed by atoms with Crippen LogP contribution in [0.2, 0.25) is 0 Å². The second-order valence-corrected chi connectivity index (χ2v) is 4.34. The molecule has 1 aromatic heterocycles. The Balaban J connectivity index is 1.93. The van der Waals surface area contributed by atoms with Gasteiger partial charge in [0.1, 0.15) is 18.0 Å². The number of rotatable bonds is 3. The van der Waals surface area contributed by atoms with Gasteiger partial charge in [-0.3, -0.25) is 0 Å². The molecule has 0 aliphatic carbocycles. The van der Waals surface area contributed by atoms with Crippen LogP contribution < -0.4 is 5.32 Å². The molecule has 1 aliphatic rings. The standard InChI is InChI=1S/C12H15N3O2/c1-12(2)16-8-10(17-12)7-15-11-9(6-13)4-3-5-14-11/h3-5,10H,7-8H2,1-2H3,(H,14,15). The highest BCUT2D eigenvalue weighted by Crippen LogP contribution is 2.22. The second-order valence-electron chi connectivity index (χ2n) is 4.34. The van der Waals surface area contributed by atoms with Gasteiger partial charge in [-0.2, -0.15) is 5.26 Å². The number of pyridine rings is 1. The molecule has 0 spiro atoms. The van der Waals surface area contributed by atoms with Crippen molar-refractivity contribution in [2.24, 2.45) is 0 Å². The number of aromatic nitrogens is 1. The van der Waals surface area contributed by atoms with Crippen molar-refractivity contribution in [3.05, 3.63) is 23.9 Å². The summed E-state index contributed by atoms with van der Waals surface area (Å²) in [5.41, 5.74) is 0.533. The van der Waals surface area contributed by atoms with Crippen molar-refractivity contribution >= 4 is 5.82 Å². The molecule has 0 amide bonds. The van der Waals surface area contributed by atoms with E-state index in [2.05, 4.69) is 16.4 Å². The van der Waals surface area contributed by atoms with Crippen LogP contribution in [0.4, 0.5) is 5.82 Å². The Kier molecular flexibility index (Phi) is 3.27. The van der Waals surface area contributed by atoms with Gasteiger partial charge >= 0.3 is 0 Å². The summed E-state index contributed by atoms with van der Waals surface area (Å²) in [5.74, 6) is 0.0671. The fraction of sp³-hybridized carbons (Fsp3) is 0.500. The van der Waals surface area contributed by atoms with Crippen molar-refractivity contribution in [1.82, 2.24) is 4.98 Å². The number of ether oxygens (including phenoxy) is 2. The number of nitrogens with one attached hydrogen (secondary N) is 1. The van der Waals surface area contributed by atoms with Crippen LogP contribution in [0.3, 0.4) is 0 Å². The predicted octanol–water partition coefficient (Wildman–Crippen LogP) is 1.52. The van der Waals surface area contributed by atoms with Crippen molar-refractivity contribution in [2.75, 3.05) is 18.5 Å². The molecule has 1 aliphatic heterocycles. The number of nitrogens with zero attached hydrogens (tertiary/aromatic N) is 2. The maximum Gasteiger partial charge on any atom is 0.163 e. The zero-order chi connectivity index (χ0) is 12.3. The minimum Gasteiger partial charge on any atom is -0.366 e. The van der Waals surface area contributed by atoms with Crippen LogP contribution >= 0.6 is 0 Å². The van der Waals surface area contributed by atoms with E-state index in [-0.39, 0.29) is 6.10 Å². The highest BCUT2D eigenvalue weighted by atomic mass is 16.7. The predicted molar refractivity (Wildman–Crippen MR) is 62.3 cm³/mol. The molecule has 0 aromatic carbocycles. The third-order valence-corrected chi connectivity index (χ3v) is 2.49. The van der Waals surface area contributed by atoms with Crippen LogP contribution in [-0.4, -0.2) is 30.0 Å². The van der Waals surface area contributed by atoms with Crippen molar-refractivity contribution in [3.8, 4) is 6.07 Å². The molecule has 5 heteroatoms. The Morgan fingerprint density at radius 1 is 1.65 bits per heavy atom. The zero-order valence-electron chi connectivity index (χ0n) is 9.93. The first-order valence-corrected chi connectivity index (χ1v) is 5.51. The molecule has 1 N–H and O–H groups in total. The molecule has 5 nitrogen and oxygen atoms in total. The lowest BCUT2D eigenvalue weighted by molar-refractivity contribution is -0.136. The van der Waals surface area contributed by atoms with Crippen LogP contribution in [0.5, 0.6) is 0 Å². The third kappa shape index (κ3) is 2.93. The minimum atomic E-state index is -0.519. The van der Waals surface area contributed by atoms with Crippen molar-refractivity contribution in [3.63, 3.8) is 0 Å². The summed E-state index contributed by atoms with van der Waals surface area (Å²) >= 11 is 0. The van der Waals surface area contributed by atoms with E-state index < -0.39 is 5.79 Å². The van der Waals surface area contributed by atoms with Gasteiger partial charge in [-0.15, -0.1) is 0 Å². The van der Waals surface area contributed by atoms with Crippen LogP contribution in [0.25, 0.3) is 0 Å². The van der Waals surface area contributed by atoms with Gasteiger partial charge < -0.3 is 14.8 Å². The van der Waals surface area contributed by atoms with E-state index in [1.165, 1.54) is 0 Å². The van der Waals surface area contributed by atoms with E-state index >= 15 is 0 Å². The quantitative estimate of drug-likeness (QED) is 0.857. The highest BCUT2D eigenvalue weighted by Gasteiger charge is 2.32. The first-order valence-electron chi connectivity index (χ1n) is 5.51. The van der Waals surface area contributed by atoms with E-state index in [1.54, 1.807) is 18.3 Å². The molecule has 0 radical (unpaired) electrons. The largest absolute Gasteiger partial charge is 0.366 e. The van der Waals surface area contributed by atoms with Gasteiger partial charge in [0.05, 0.1) is 12.2 Å². The van der Waals surface area contributed by atoms with E-state index in [1.807, 2.05) is 13.8 Å². The Morgan fingerprint density at radius 2 is 2.47 bits per heavy atom. The SMILES string of the molecule is CC1(C)OCC(CNc2ncccc2C#N)O1. The van der Waals surface area contributed by atoms with Crippen LogP contribution in [0.15, 0.2) is 18.3 Å². The molecule has 90 valence electrons. The van der Waals surface area contributed by atoms with E-state index in [4.69, 9.17) is 14.7 Å². The molecular weight excluding hydrogens is 218 g/mol. The van der Waals surface area contributed by atoms with Crippen LogP contribution in [0, 0.1) is 11.3 Å². The summed E-state index contributed by atoms with van der Waals surface area (Å²) in [5, 5.41) is 12.0. The highest BCUT2D eigenvalue weighted by molar-refractivity contribution is 5.51. The molecule has 1 unspecified atom stereocenters. The van der Waals surface area contributed by atoms with Gasteiger partial charge in [-0.1, -0.05) is 0 Å². The number of hydrogen-bond acceptors (Lipinski definition) is 5. The summed E-state index contributed by atoms with van der Waals surface area (Å²) in [6.45, 7) is 4.90. The van der Waals surface area contributed by atoms with Gasteiger partial charge in [0.15, 0.2) is 5.79 Å². The fourth-order valence-corrected chi connectivity index (χ4v) is 1.71. The van der Waals surface area contributed by atoms with E-state index in [9.17, 15) is 0 Å². The molecule has 1 atom stereocenters. The van der Waals surface area contributed by atoms with Gasteiger partial charge in [0, 0.05) is 12.7 Å². The summed E-state index contributed by atoms with van der Waals surface area (Å²) in [7, 11) is 0. The van der Waals surface area contributed by atoms with E-state index in [0.717, 1.165) is 0 Å². The molecule has 17 heavy (non-hydrogen) atoms. The van der Waals surface area contributed by atoms with E-state index in [0.29, 0.717) is 24.5 Å². The van der Waals surface area contributed by atoms with Crippen molar-refractivity contribution in [2.45, 2.75) is 25.7 Å². The normalized spacial score (nSPS) is 22.1. The molecule has 2 heterocycles. The van der Waals surface area contributed by atoms with Crippen molar-refractivity contribution < 1.29 is 9.47 Å². The van der Waals surface area contributed by atoms with Gasteiger partial charge in [-0.25, -0.2) is 4.98 Å².